The lowest BCUT2D eigenvalue weighted by Crippen LogP contribution is -2.30. The van der Waals surface area contributed by atoms with Crippen molar-refractivity contribution in [2.24, 2.45) is 0 Å². The van der Waals surface area contributed by atoms with Gasteiger partial charge in [-0.25, -0.2) is 0 Å². The van der Waals surface area contributed by atoms with Crippen LogP contribution in [0.15, 0.2) is 18.2 Å². The van der Waals surface area contributed by atoms with E-state index in [0.29, 0.717) is 31.3 Å². The third kappa shape index (κ3) is 5.46. The SMILES string of the molecule is CCNC[C@H](O)COCc1ccc(OC)c(OC)c1. The van der Waals surface area contributed by atoms with Crippen LogP contribution in [0.25, 0.3) is 0 Å². The summed E-state index contributed by atoms with van der Waals surface area (Å²) in [5.74, 6) is 1.37. The summed E-state index contributed by atoms with van der Waals surface area (Å²) in [7, 11) is 3.20. The van der Waals surface area contributed by atoms with Crippen molar-refractivity contribution in [3.8, 4) is 11.5 Å². The fourth-order valence-corrected chi connectivity index (χ4v) is 1.65. The number of likely N-dealkylation sites (N-methyl/N-ethyl adjacent to an activating group) is 1. The highest BCUT2D eigenvalue weighted by Gasteiger charge is 2.06. The topological polar surface area (TPSA) is 60.0 Å². The number of hydrogen-bond donors (Lipinski definition) is 2. The number of benzene rings is 1. The van der Waals surface area contributed by atoms with Crippen molar-refractivity contribution in [3.63, 3.8) is 0 Å². The Morgan fingerprint density at radius 3 is 2.58 bits per heavy atom. The van der Waals surface area contributed by atoms with Crippen molar-refractivity contribution in [2.45, 2.75) is 19.6 Å². The predicted octanol–water partition coefficient (Wildman–Crippen LogP) is 1.19. The van der Waals surface area contributed by atoms with Gasteiger partial charge in [-0.3, -0.25) is 0 Å². The second-order valence-corrected chi connectivity index (χ2v) is 4.17. The predicted molar refractivity (Wildman–Crippen MR) is 73.8 cm³/mol. The minimum atomic E-state index is -0.486. The molecule has 1 atom stereocenters. The monoisotopic (exact) mass is 269 g/mol. The van der Waals surface area contributed by atoms with Crippen LogP contribution in [-0.2, 0) is 11.3 Å². The molecule has 5 heteroatoms. The number of ether oxygens (including phenoxy) is 3. The number of nitrogens with one attached hydrogen (secondary N) is 1. The highest BCUT2D eigenvalue weighted by molar-refractivity contribution is 5.42. The van der Waals surface area contributed by atoms with Gasteiger partial charge in [0.1, 0.15) is 0 Å². The van der Waals surface area contributed by atoms with Crippen LogP contribution in [-0.4, -0.2) is 45.1 Å². The zero-order valence-electron chi connectivity index (χ0n) is 11.8. The molecular formula is C14H23NO4. The van der Waals surface area contributed by atoms with Gasteiger partial charge in [0.2, 0.25) is 0 Å². The normalized spacial score (nSPS) is 12.2. The molecule has 0 amide bonds. The highest BCUT2D eigenvalue weighted by Crippen LogP contribution is 2.27. The van der Waals surface area contributed by atoms with E-state index in [4.69, 9.17) is 14.2 Å². The Bertz CT molecular complexity index is 370. The summed E-state index contributed by atoms with van der Waals surface area (Å²) in [5.41, 5.74) is 0.980. The second kappa shape index (κ2) is 8.74. The first-order valence-electron chi connectivity index (χ1n) is 6.38. The van der Waals surface area contributed by atoms with Crippen LogP contribution in [0, 0.1) is 0 Å². The van der Waals surface area contributed by atoms with Crippen molar-refractivity contribution in [1.82, 2.24) is 5.32 Å². The summed E-state index contributed by atoms with van der Waals surface area (Å²) in [4.78, 5) is 0. The van der Waals surface area contributed by atoms with Crippen LogP contribution >= 0.6 is 0 Å². The molecule has 2 N–H and O–H groups in total. The molecule has 0 aliphatic carbocycles. The molecule has 0 unspecified atom stereocenters. The first kappa shape index (κ1) is 15.8. The van der Waals surface area contributed by atoms with Crippen LogP contribution in [0.4, 0.5) is 0 Å². The minimum Gasteiger partial charge on any atom is -0.493 e. The molecule has 0 saturated heterocycles. The van der Waals surface area contributed by atoms with Crippen molar-refractivity contribution in [1.29, 1.82) is 0 Å². The molecule has 0 aliphatic rings. The van der Waals surface area contributed by atoms with Gasteiger partial charge in [-0.05, 0) is 24.2 Å². The van der Waals surface area contributed by atoms with E-state index in [2.05, 4.69) is 5.32 Å². The van der Waals surface area contributed by atoms with Gasteiger partial charge in [-0.1, -0.05) is 13.0 Å². The van der Waals surface area contributed by atoms with E-state index < -0.39 is 6.10 Å². The molecule has 0 aromatic heterocycles. The van der Waals surface area contributed by atoms with Crippen molar-refractivity contribution in [2.75, 3.05) is 33.9 Å². The Labute approximate surface area is 114 Å². The molecular weight excluding hydrogens is 246 g/mol. The van der Waals surface area contributed by atoms with Crippen molar-refractivity contribution < 1.29 is 19.3 Å². The van der Waals surface area contributed by atoms with Crippen molar-refractivity contribution in [3.05, 3.63) is 23.8 Å². The van der Waals surface area contributed by atoms with E-state index in [1.165, 1.54) is 0 Å². The third-order valence-electron chi connectivity index (χ3n) is 2.66. The van der Waals surface area contributed by atoms with Gasteiger partial charge in [0.05, 0.1) is 33.5 Å². The van der Waals surface area contributed by atoms with Gasteiger partial charge in [0.25, 0.3) is 0 Å². The molecule has 0 aliphatic heterocycles. The summed E-state index contributed by atoms with van der Waals surface area (Å²) in [6.07, 6.45) is -0.486. The molecule has 5 nitrogen and oxygen atoms in total. The summed E-state index contributed by atoms with van der Waals surface area (Å²) < 4.78 is 15.8. The molecule has 1 rings (SSSR count). The third-order valence-corrected chi connectivity index (χ3v) is 2.66. The summed E-state index contributed by atoms with van der Waals surface area (Å²) in [6.45, 7) is 4.12. The number of aliphatic hydroxyl groups excluding tert-OH is 1. The molecule has 108 valence electrons. The Hall–Kier alpha value is -1.30. The lowest BCUT2D eigenvalue weighted by molar-refractivity contribution is 0.0290. The number of rotatable bonds is 9. The molecule has 1 aromatic carbocycles. The molecule has 1 aromatic rings. The Kier molecular flexibility index (Phi) is 7.25. The molecule has 19 heavy (non-hydrogen) atoms. The first-order valence-corrected chi connectivity index (χ1v) is 6.38. The number of methoxy groups -OCH3 is 2. The van der Waals surface area contributed by atoms with E-state index in [1.807, 2.05) is 25.1 Å². The largest absolute Gasteiger partial charge is 0.493 e. The lowest BCUT2D eigenvalue weighted by atomic mass is 10.2. The standard InChI is InChI=1S/C14H23NO4/c1-4-15-8-12(16)10-19-9-11-5-6-13(17-2)14(7-11)18-3/h5-7,12,15-16H,4,8-10H2,1-3H3/t12-/m0/s1. The molecule has 0 fully saturated rings. The van der Waals surface area contributed by atoms with E-state index in [1.54, 1.807) is 14.2 Å². The maximum absolute atomic E-state index is 9.61. The molecule has 0 bridgehead atoms. The lowest BCUT2D eigenvalue weighted by Gasteiger charge is -2.13. The average molecular weight is 269 g/mol. The molecule has 0 saturated carbocycles. The van der Waals surface area contributed by atoms with Gasteiger partial charge >= 0.3 is 0 Å². The summed E-state index contributed by atoms with van der Waals surface area (Å²) in [6, 6.07) is 5.63. The van der Waals surface area contributed by atoms with Crippen LogP contribution < -0.4 is 14.8 Å². The molecule has 0 radical (unpaired) electrons. The van der Waals surface area contributed by atoms with Gasteiger partial charge in [0.15, 0.2) is 11.5 Å². The molecule has 0 heterocycles. The van der Waals surface area contributed by atoms with E-state index >= 15 is 0 Å². The van der Waals surface area contributed by atoms with E-state index in [9.17, 15) is 5.11 Å². The minimum absolute atomic E-state index is 0.307. The number of aliphatic hydroxyl groups is 1. The van der Waals surface area contributed by atoms with Crippen LogP contribution in [0.2, 0.25) is 0 Å². The number of hydrogen-bond acceptors (Lipinski definition) is 5. The zero-order chi connectivity index (χ0) is 14.1. The van der Waals surface area contributed by atoms with Gasteiger partial charge < -0.3 is 24.6 Å². The Balaban J connectivity index is 2.41. The zero-order valence-corrected chi connectivity index (χ0v) is 11.8. The summed E-state index contributed by atoms with van der Waals surface area (Å²) in [5, 5.41) is 12.7. The van der Waals surface area contributed by atoms with Crippen LogP contribution in [0.5, 0.6) is 11.5 Å². The van der Waals surface area contributed by atoms with Gasteiger partial charge in [-0.15, -0.1) is 0 Å². The highest BCUT2D eigenvalue weighted by atomic mass is 16.5. The quantitative estimate of drug-likeness (QED) is 0.705. The second-order valence-electron chi connectivity index (χ2n) is 4.17. The van der Waals surface area contributed by atoms with Crippen LogP contribution in [0.1, 0.15) is 12.5 Å². The Morgan fingerprint density at radius 1 is 1.21 bits per heavy atom. The van der Waals surface area contributed by atoms with Gasteiger partial charge in [0, 0.05) is 6.54 Å². The fourth-order valence-electron chi connectivity index (χ4n) is 1.65. The summed E-state index contributed by atoms with van der Waals surface area (Å²) >= 11 is 0. The molecule has 0 spiro atoms. The van der Waals surface area contributed by atoms with Crippen molar-refractivity contribution >= 4 is 0 Å². The maximum Gasteiger partial charge on any atom is 0.161 e. The van der Waals surface area contributed by atoms with E-state index in [0.717, 1.165) is 12.1 Å². The van der Waals surface area contributed by atoms with E-state index in [-0.39, 0.29) is 0 Å². The van der Waals surface area contributed by atoms with Gasteiger partial charge in [-0.2, -0.15) is 0 Å². The average Bonchev–Trinajstić information content (AvgIpc) is 2.44. The first-order chi connectivity index (χ1) is 9.21. The maximum atomic E-state index is 9.61. The Morgan fingerprint density at radius 2 is 1.95 bits per heavy atom. The van der Waals surface area contributed by atoms with Crippen LogP contribution in [0.3, 0.4) is 0 Å². The fraction of sp³-hybridized carbons (Fsp3) is 0.571. The smallest absolute Gasteiger partial charge is 0.161 e.